The van der Waals surface area contributed by atoms with Crippen molar-refractivity contribution in [1.29, 1.82) is 0 Å². The minimum atomic E-state index is 0.483. The highest BCUT2D eigenvalue weighted by Gasteiger charge is 2.06. The predicted octanol–water partition coefficient (Wildman–Crippen LogP) is 2.78. The predicted molar refractivity (Wildman–Crippen MR) is 78.9 cm³/mol. The molecular formula is C16H20N2O2. The van der Waals surface area contributed by atoms with Crippen molar-refractivity contribution in [1.82, 2.24) is 10.3 Å². The SMILES string of the molecule is CCNCc1ccc(OCc2cccnc2)c(OC)c1. The van der Waals surface area contributed by atoms with Crippen molar-refractivity contribution in [3.8, 4) is 11.5 Å². The number of hydrogen-bond acceptors (Lipinski definition) is 4. The van der Waals surface area contributed by atoms with Crippen LogP contribution in [-0.2, 0) is 13.2 Å². The molecule has 1 heterocycles. The molecule has 2 rings (SSSR count). The van der Waals surface area contributed by atoms with Crippen LogP contribution in [-0.4, -0.2) is 18.6 Å². The molecule has 0 bridgehead atoms. The third kappa shape index (κ3) is 3.96. The summed E-state index contributed by atoms with van der Waals surface area (Å²) in [6.07, 6.45) is 3.55. The maximum absolute atomic E-state index is 5.79. The number of ether oxygens (including phenoxy) is 2. The molecule has 0 atom stereocenters. The van der Waals surface area contributed by atoms with Crippen molar-refractivity contribution >= 4 is 0 Å². The molecule has 0 saturated carbocycles. The molecule has 0 radical (unpaired) electrons. The maximum atomic E-state index is 5.79. The molecule has 0 aliphatic carbocycles. The Labute approximate surface area is 119 Å². The largest absolute Gasteiger partial charge is 0.493 e. The zero-order valence-corrected chi connectivity index (χ0v) is 11.9. The van der Waals surface area contributed by atoms with Gasteiger partial charge in [-0.1, -0.05) is 19.1 Å². The first-order chi connectivity index (χ1) is 9.83. The van der Waals surface area contributed by atoms with Crippen LogP contribution in [0.2, 0.25) is 0 Å². The summed E-state index contributed by atoms with van der Waals surface area (Å²) >= 11 is 0. The van der Waals surface area contributed by atoms with Gasteiger partial charge in [-0.05, 0) is 30.3 Å². The number of aromatic nitrogens is 1. The van der Waals surface area contributed by atoms with Gasteiger partial charge in [0.15, 0.2) is 11.5 Å². The van der Waals surface area contributed by atoms with E-state index in [0.717, 1.165) is 30.2 Å². The van der Waals surface area contributed by atoms with Crippen molar-refractivity contribution in [3.63, 3.8) is 0 Å². The maximum Gasteiger partial charge on any atom is 0.161 e. The van der Waals surface area contributed by atoms with Gasteiger partial charge in [0.2, 0.25) is 0 Å². The summed E-state index contributed by atoms with van der Waals surface area (Å²) in [5, 5.41) is 3.29. The van der Waals surface area contributed by atoms with Crippen LogP contribution in [0.15, 0.2) is 42.7 Å². The van der Waals surface area contributed by atoms with Gasteiger partial charge in [0.05, 0.1) is 7.11 Å². The van der Waals surface area contributed by atoms with Crippen LogP contribution in [0, 0.1) is 0 Å². The van der Waals surface area contributed by atoms with Crippen LogP contribution in [0.3, 0.4) is 0 Å². The lowest BCUT2D eigenvalue weighted by atomic mass is 10.2. The molecule has 0 spiro atoms. The number of methoxy groups -OCH3 is 1. The third-order valence-corrected chi connectivity index (χ3v) is 2.92. The second-order valence-corrected chi connectivity index (χ2v) is 4.42. The van der Waals surface area contributed by atoms with Gasteiger partial charge in [0.25, 0.3) is 0 Å². The summed E-state index contributed by atoms with van der Waals surface area (Å²) in [5.41, 5.74) is 2.21. The van der Waals surface area contributed by atoms with Gasteiger partial charge in [0.1, 0.15) is 6.61 Å². The van der Waals surface area contributed by atoms with Gasteiger partial charge < -0.3 is 14.8 Å². The molecule has 4 nitrogen and oxygen atoms in total. The highest BCUT2D eigenvalue weighted by atomic mass is 16.5. The van der Waals surface area contributed by atoms with Gasteiger partial charge in [0, 0.05) is 24.5 Å². The fourth-order valence-electron chi connectivity index (χ4n) is 1.86. The standard InChI is InChI=1S/C16H20N2O2/c1-3-17-10-13-6-7-15(16(9-13)19-2)20-12-14-5-4-8-18-11-14/h4-9,11,17H,3,10,12H2,1-2H3. The second kappa shape index (κ2) is 7.50. The quantitative estimate of drug-likeness (QED) is 0.841. The molecule has 106 valence electrons. The molecule has 0 amide bonds. The van der Waals surface area contributed by atoms with E-state index in [1.165, 1.54) is 5.56 Å². The van der Waals surface area contributed by atoms with Crippen molar-refractivity contribution in [2.75, 3.05) is 13.7 Å². The summed E-state index contributed by atoms with van der Waals surface area (Å²) < 4.78 is 11.2. The number of rotatable bonds is 7. The smallest absolute Gasteiger partial charge is 0.161 e. The monoisotopic (exact) mass is 272 g/mol. The molecule has 0 fully saturated rings. The van der Waals surface area contributed by atoms with Crippen LogP contribution >= 0.6 is 0 Å². The summed E-state index contributed by atoms with van der Waals surface area (Å²) in [5.74, 6) is 1.50. The highest BCUT2D eigenvalue weighted by molar-refractivity contribution is 5.43. The molecule has 0 aliphatic heterocycles. The molecule has 0 saturated heterocycles. The molecule has 1 aromatic heterocycles. The fraction of sp³-hybridized carbons (Fsp3) is 0.312. The molecule has 2 aromatic rings. The lowest BCUT2D eigenvalue weighted by molar-refractivity contribution is 0.284. The summed E-state index contributed by atoms with van der Waals surface area (Å²) in [7, 11) is 1.66. The van der Waals surface area contributed by atoms with E-state index in [1.807, 2.05) is 30.3 Å². The van der Waals surface area contributed by atoms with Crippen molar-refractivity contribution in [3.05, 3.63) is 53.9 Å². The lowest BCUT2D eigenvalue weighted by Gasteiger charge is -2.12. The van der Waals surface area contributed by atoms with Gasteiger partial charge in [-0.25, -0.2) is 0 Å². The van der Waals surface area contributed by atoms with Gasteiger partial charge in [-0.15, -0.1) is 0 Å². The van der Waals surface area contributed by atoms with Crippen LogP contribution in [0.4, 0.5) is 0 Å². The zero-order chi connectivity index (χ0) is 14.2. The number of benzene rings is 1. The molecule has 0 unspecified atom stereocenters. The Morgan fingerprint density at radius 2 is 2.05 bits per heavy atom. The van der Waals surface area contributed by atoms with Crippen molar-refractivity contribution < 1.29 is 9.47 Å². The van der Waals surface area contributed by atoms with Gasteiger partial charge >= 0.3 is 0 Å². The number of hydrogen-bond donors (Lipinski definition) is 1. The van der Waals surface area contributed by atoms with Crippen LogP contribution < -0.4 is 14.8 Å². The second-order valence-electron chi connectivity index (χ2n) is 4.42. The van der Waals surface area contributed by atoms with Crippen LogP contribution in [0.5, 0.6) is 11.5 Å². The Balaban J connectivity index is 2.03. The Bertz CT molecular complexity index is 529. The third-order valence-electron chi connectivity index (χ3n) is 2.92. The first kappa shape index (κ1) is 14.3. The number of nitrogens with one attached hydrogen (secondary N) is 1. The van der Waals surface area contributed by atoms with Crippen molar-refractivity contribution in [2.45, 2.75) is 20.1 Å². The average molecular weight is 272 g/mol. The number of nitrogens with zero attached hydrogens (tertiary/aromatic N) is 1. The summed E-state index contributed by atoms with van der Waals surface area (Å²) in [6, 6.07) is 9.88. The van der Waals surface area contributed by atoms with E-state index in [0.29, 0.717) is 6.61 Å². The minimum absolute atomic E-state index is 0.483. The first-order valence-electron chi connectivity index (χ1n) is 6.72. The first-order valence-corrected chi connectivity index (χ1v) is 6.72. The van der Waals surface area contributed by atoms with Gasteiger partial charge in [-0.2, -0.15) is 0 Å². The van der Waals surface area contributed by atoms with Gasteiger partial charge in [-0.3, -0.25) is 4.98 Å². The van der Waals surface area contributed by atoms with E-state index in [4.69, 9.17) is 9.47 Å². The Hall–Kier alpha value is -2.07. The normalized spacial score (nSPS) is 10.3. The van der Waals surface area contributed by atoms with E-state index >= 15 is 0 Å². The average Bonchev–Trinajstić information content (AvgIpc) is 2.52. The van der Waals surface area contributed by atoms with Crippen LogP contribution in [0.25, 0.3) is 0 Å². The molecular weight excluding hydrogens is 252 g/mol. The molecule has 1 N–H and O–H groups in total. The highest BCUT2D eigenvalue weighted by Crippen LogP contribution is 2.28. The number of pyridine rings is 1. The van der Waals surface area contributed by atoms with Crippen LogP contribution in [0.1, 0.15) is 18.1 Å². The van der Waals surface area contributed by atoms with E-state index in [-0.39, 0.29) is 0 Å². The Morgan fingerprint density at radius 3 is 2.75 bits per heavy atom. The topological polar surface area (TPSA) is 43.4 Å². The summed E-state index contributed by atoms with van der Waals surface area (Å²) in [4.78, 5) is 4.07. The Morgan fingerprint density at radius 1 is 1.15 bits per heavy atom. The van der Waals surface area contributed by atoms with E-state index in [9.17, 15) is 0 Å². The fourth-order valence-corrected chi connectivity index (χ4v) is 1.86. The zero-order valence-electron chi connectivity index (χ0n) is 11.9. The molecule has 20 heavy (non-hydrogen) atoms. The Kier molecular flexibility index (Phi) is 5.38. The van der Waals surface area contributed by atoms with E-state index in [2.05, 4.69) is 17.2 Å². The van der Waals surface area contributed by atoms with Crippen molar-refractivity contribution in [2.24, 2.45) is 0 Å². The molecule has 4 heteroatoms. The summed E-state index contributed by atoms with van der Waals surface area (Å²) in [6.45, 7) is 4.34. The lowest BCUT2D eigenvalue weighted by Crippen LogP contribution is -2.11. The minimum Gasteiger partial charge on any atom is -0.493 e. The van der Waals surface area contributed by atoms with E-state index < -0.39 is 0 Å². The molecule has 0 aliphatic rings. The molecule has 1 aromatic carbocycles. The van der Waals surface area contributed by atoms with E-state index in [1.54, 1.807) is 19.5 Å².